The molecular formula is C22H21N5O3. The number of benzene rings is 2. The topological polar surface area (TPSA) is 103 Å². The van der Waals surface area contributed by atoms with Crippen LogP contribution in [0.4, 0.5) is 0 Å². The number of fused-ring (bicyclic) bond motifs is 1. The summed E-state index contributed by atoms with van der Waals surface area (Å²) in [5, 5.41) is 12.9. The van der Waals surface area contributed by atoms with Gasteiger partial charge in [-0.25, -0.2) is 4.79 Å². The van der Waals surface area contributed by atoms with Crippen molar-refractivity contribution in [2.45, 2.75) is 33.4 Å². The summed E-state index contributed by atoms with van der Waals surface area (Å²) in [6.45, 7) is 5.15. The summed E-state index contributed by atoms with van der Waals surface area (Å²) >= 11 is 0. The normalized spacial score (nSPS) is 12.1. The van der Waals surface area contributed by atoms with Crippen LogP contribution < -0.4 is 0 Å². The van der Waals surface area contributed by atoms with E-state index in [1.54, 1.807) is 6.92 Å². The highest BCUT2D eigenvalue weighted by molar-refractivity contribution is 6.11. The van der Waals surface area contributed by atoms with E-state index in [2.05, 4.69) is 20.4 Å². The van der Waals surface area contributed by atoms with Gasteiger partial charge in [-0.15, -0.1) is 10.2 Å². The van der Waals surface area contributed by atoms with Crippen LogP contribution in [0, 0.1) is 13.8 Å². The van der Waals surface area contributed by atoms with E-state index in [9.17, 15) is 9.59 Å². The highest BCUT2D eigenvalue weighted by Crippen LogP contribution is 2.24. The Hall–Kier alpha value is -3.81. The number of aromatic nitrogens is 5. The van der Waals surface area contributed by atoms with Crippen molar-refractivity contribution in [1.82, 2.24) is 25.2 Å². The van der Waals surface area contributed by atoms with E-state index in [0.29, 0.717) is 11.4 Å². The lowest BCUT2D eigenvalue weighted by Crippen LogP contribution is -2.27. The van der Waals surface area contributed by atoms with Crippen LogP contribution in [0.25, 0.3) is 22.3 Å². The van der Waals surface area contributed by atoms with Gasteiger partial charge in [-0.05, 0) is 32.1 Å². The first kappa shape index (κ1) is 19.5. The third-order valence-corrected chi connectivity index (χ3v) is 4.85. The molecule has 0 aliphatic carbocycles. The second kappa shape index (κ2) is 7.90. The van der Waals surface area contributed by atoms with Crippen LogP contribution >= 0.6 is 0 Å². The van der Waals surface area contributed by atoms with Crippen molar-refractivity contribution in [3.05, 3.63) is 65.4 Å². The van der Waals surface area contributed by atoms with Crippen molar-refractivity contribution in [3.8, 4) is 11.4 Å². The van der Waals surface area contributed by atoms with E-state index in [-0.39, 0.29) is 12.3 Å². The summed E-state index contributed by atoms with van der Waals surface area (Å²) in [7, 11) is 0. The molecule has 1 N–H and O–H groups in total. The fraction of sp³-hybridized carbons (Fsp3) is 0.227. The van der Waals surface area contributed by atoms with Crippen LogP contribution in [0.15, 0.2) is 48.5 Å². The Labute approximate surface area is 172 Å². The molecule has 0 saturated heterocycles. The number of Topliss-reactive ketones (excluding diaryl/α,β-unsaturated/α-hetero) is 1. The van der Waals surface area contributed by atoms with Gasteiger partial charge in [0.1, 0.15) is 0 Å². The fourth-order valence-corrected chi connectivity index (χ4v) is 3.33. The Balaban J connectivity index is 1.43. The number of rotatable bonds is 6. The molecule has 30 heavy (non-hydrogen) atoms. The number of aryl methyl sites for hydroxylation is 2. The Morgan fingerprint density at radius 2 is 1.83 bits per heavy atom. The molecule has 0 bridgehead atoms. The molecule has 2 heterocycles. The first-order valence-corrected chi connectivity index (χ1v) is 9.58. The van der Waals surface area contributed by atoms with Gasteiger partial charge in [0.15, 0.2) is 12.6 Å². The summed E-state index contributed by atoms with van der Waals surface area (Å²) in [5.41, 5.74) is 4.07. The summed E-state index contributed by atoms with van der Waals surface area (Å²) in [6, 6.07) is 15.2. The quantitative estimate of drug-likeness (QED) is 0.392. The van der Waals surface area contributed by atoms with E-state index in [1.165, 1.54) is 0 Å². The minimum atomic E-state index is -0.935. The zero-order chi connectivity index (χ0) is 21.3. The average molecular weight is 403 g/mol. The lowest BCUT2D eigenvalue weighted by molar-refractivity contribution is -0.147. The predicted molar refractivity (Wildman–Crippen MR) is 111 cm³/mol. The molecule has 0 aliphatic heterocycles. The second-order valence-corrected chi connectivity index (χ2v) is 7.18. The monoisotopic (exact) mass is 403 g/mol. The van der Waals surface area contributed by atoms with Crippen molar-refractivity contribution in [2.24, 2.45) is 0 Å². The number of tetrazole rings is 1. The SMILES string of the molecule is Cc1ccc(-c2nnn(CC(=O)OC(C)C(=O)c3c(C)[nH]c4ccccc34)n2)cc1. The standard InChI is InChI=1S/C22H21N5O3/c1-13-8-10-16(11-9-13)22-24-26-27(25-22)12-19(28)30-15(3)21(29)20-14(2)23-18-7-5-4-6-17(18)20/h4-11,15,23H,12H2,1-3H3. The highest BCUT2D eigenvalue weighted by Gasteiger charge is 2.24. The fourth-order valence-electron chi connectivity index (χ4n) is 3.33. The maximum atomic E-state index is 12.9. The number of esters is 1. The zero-order valence-electron chi connectivity index (χ0n) is 16.9. The predicted octanol–water partition coefficient (Wildman–Crippen LogP) is 3.25. The minimum absolute atomic E-state index is 0.233. The minimum Gasteiger partial charge on any atom is -0.453 e. The van der Waals surface area contributed by atoms with E-state index in [0.717, 1.165) is 32.5 Å². The Kier molecular flexibility index (Phi) is 5.14. The van der Waals surface area contributed by atoms with Crippen LogP contribution in [0.1, 0.15) is 28.5 Å². The highest BCUT2D eigenvalue weighted by atomic mass is 16.5. The summed E-state index contributed by atoms with van der Waals surface area (Å²) in [4.78, 5) is 29.6. The number of para-hydroxylation sites is 1. The number of ketones is 1. The van der Waals surface area contributed by atoms with E-state index < -0.39 is 12.1 Å². The molecule has 2 aromatic heterocycles. The maximum absolute atomic E-state index is 12.9. The van der Waals surface area contributed by atoms with E-state index >= 15 is 0 Å². The number of nitrogens with one attached hydrogen (secondary N) is 1. The number of H-pyrrole nitrogens is 1. The maximum Gasteiger partial charge on any atom is 0.330 e. The lowest BCUT2D eigenvalue weighted by Gasteiger charge is -2.12. The molecule has 0 spiro atoms. The van der Waals surface area contributed by atoms with Crippen LogP contribution in [0.3, 0.4) is 0 Å². The molecule has 0 radical (unpaired) electrons. The van der Waals surface area contributed by atoms with Gasteiger partial charge >= 0.3 is 5.97 Å². The van der Waals surface area contributed by atoms with Crippen LogP contribution in [0.2, 0.25) is 0 Å². The van der Waals surface area contributed by atoms with Gasteiger partial charge in [0.05, 0.1) is 0 Å². The van der Waals surface area contributed by atoms with Crippen LogP contribution in [-0.2, 0) is 16.1 Å². The van der Waals surface area contributed by atoms with Crippen molar-refractivity contribution < 1.29 is 14.3 Å². The van der Waals surface area contributed by atoms with Crippen LogP contribution in [0.5, 0.6) is 0 Å². The van der Waals surface area contributed by atoms with Crippen molar-refractivity contribution in [3.63, 3.8) is 0 Å². The largest absolute Gasteiger partial charge is 0.453 e. The number of ether oxygens (including phenoxy) is 1. The Morgan fingerprint density at radius 3 is 2.60 bits per heavy atom. The van der Waals surface area contributed by atoms with Crippen molar-refractivity contribution in [1.29, 1.82) is 0 Å². The van der Waals surface area contributed by atoms with Gasteiger partial charge in [0.25, 0.3) is 0 Å². The van der Waals surface area contributed by atoms with Gasteiger partial charge in [-0.3, -0.25) is 4.79 Å². The summed E-state index contributed by atoms with van der Waals surface area (Å²) in [5.74, 6) is -0.451. The average Bonchev–Trinajstić information content (AvgIpc) is 3.31. The number of aromatic amines is 1. The van der Waals surface area contributed by atoms with Crippen molar-refractivity contribution >= 4 is 22.7 Å². The molecular weight excluding hydrogens is 382 g/mol. The first-order chi connectivity index (χ1) is 14.4. The third-order valence-electron chi connectivity index (χ3n) is 4.85. The van der Waals surface area contributed by atoms with Gasteiger partial charge in [-0.1, -0.05) is 48.0 Å². The van der Waals surface area contributed by atoms with Gasteiger partial charge in [0, 0.05) is 27.7 Å². The molecule has 0 amide bonds. The van der Waals surface area contributed by atoms with Crippen LogP contribution in [-0.4, -0.2) is 43.0 Å². The second-order valence-electron chi connectivity index (χ2n) is 7.18. The molecule has 8 nitrogen and oxygen atoms in total. The van der Waals surface area contributed by atoms with E-state index in [1.807, 2.05) is 62.4 Å². The van der Waals surface area contributed by atoms with Gasteiger partial charge in [0.2, 0.25) is 11.6 Å². The van der Waals surface area contributed by atoms with Crippen molar-refractivity contribution in [2.75, 3.05) is 0 Å². The molecule has 1 unspecified atom stereocenters. The molecule has 8 heteroatoms. The van der Waals surface area contributed by atoms with Gasteiger partial charge in [-0.2, -0.15) is 4.80 Å². The first-order valence-electron chi connectivity index (χ1n) is 9.58. The van der Waals surface area contributed by atoms with Gasteiger partial charge < -0.3 is 9.72 Å². The molecule has 4 rings (SSSR count). The number of nitrogens with zero attached hydrogens (tertiary/aromatic N) is 4. The molecule has 0 saturated carbocycles. The summed E-state index contributed by atoms with van der Waals surface area (Å²) < 4.78 is 5.34. The number of hydrogen-bond donors (Lipinski definition) is 1. The Morgan fingerprint density at radius 1 is 1.10 bits per heavy atom. The van der Waals surface area contributed by atoms with E-state index in [4.69, 9.17) is 4.74 Å². The molecule has 1 atom stereocenters. The molecule has 152 valence electrons. The molecule has 4 aromatic rings. The lowest BCUT2D eigenvalue weighted by atomic mass is 10.0. The third kappa shape index (κ3) is 3.84. The number of hydrogen-bond acceptors (Lipinski definition) is 6. The molecule has 0 aliphatic rings. The molecule has 2 aromatic carbocycles. The number of carbonyl (C=O) groups is 2. The Bertz CT molecular complexity index is 1220. The zero-order valence-corrected chi connectivity index (χ0v) is 16.9. The smallest absolute Gasteiger partial charge is 0.330 e. The summed E-state index contributed by atoms with van der Waals surface area (Å²) in [6.07, 6.45) is -0.935. The number of carbonyl (C=O) groups excluding carboxylic acids is 2. The molecule has 0 fully saturated rings.